The average molecular weight is 379 g/mol. The van der Waals surface area contributed by atoms with E-state index in [4.69, 9.17) is 0 Å². The van der Waals surface area contributed by atoms with Crippen LogP contribution in [0.5, 0.6) is 0 Å². The van der Waals surface area contributed by atoms with Gasteiger partial charge in [0, 0.05) is 24.0 Å². The van der Waals surface area contributed by atoms with Gasteiger partial charge in [-0.1, -0.05) is 18.2 Å². The summed E-state index contributed by atoms with van der Waals surface area (Å²) < 4.78 is 39.9. The van der Waals surface area contributed by atoms with Crippen molar-refractivity contribution in [2.45, 2.75) is 26.9 Å². The maximum Gasteiger partial charge on any atom is 0.418 e. The number of hydrogen-bond acceptors (Lipinski definition) is 3. The Labute approximate surface area is 155 Å². The SMILES string of the molecule is CC(=O)Nc1ccc(NCC(=O)Nc2c(C)cccc2C)c(C(F)(F)F)c1. The van der Waals surface area contributed by atoms with Crippen LogP contribution in [0.25, 0.3) is 0 Å². The number of anilines is 3. The third kappa shape index (κ3) is 5.47. The van der Waals surface area contributed by atoms with Crippen LogP contribution in [0.4, 0.5) is 30.2 Å². The van der Waals surface area contributed by atoms with E-state index in [0.29, 0.717) is 5.69 Å². The molecule has 0 bridgehead atoms. The molecule has 0 saturated carbocycles. The van der Waals surface area contributed by atoms with E-state index >= 15 is 0 Å². The first-order valence-corrected chi connectivity index (χ1v) is 8.16. The summed E-state index contributed by atoms with van der Waals surface area (Å²) in [5.41, 5.74) is 1.18. The van der Waals surface area contributed by atoms with Crippen molar-refractivity contribution in [3.05, 3.63) is 53.1 Å². The highest BCUT2D eigenvalue weighted by Crippen LogP contribution is 2.36. The number of benzene rings is 2. The minimum atomic E-state index is -4.64. The lowest BCUT2D eigenvalue weighted by atomic mass is 10.1. The van der Waals surface area contributed by atoms with E-state index in [-0.39, 0.29) is 17.9 Å². The van der Waals surface area contributed by atoms with E-state index in [9.17, 15) is 22.8 Å². The lowest BCUT2D eigenvalue weighted by Gasteiger charge is -2.17. The molecular formula is C19H20F3N3O2. The van der Waals surface area contributed by atoms with Gasteiger partial charge in [-0.05, 0) is 43.2 Å². The van der Waals surface area contributed by atoms with Gasteiger partial charge < -0.3 is 16.0 Å². The molecule has 0 radical (unpaired) electrons. The zero-order chi connectivity index (χ0) is 20.2. The number of halogens is 3. The molecule has 0 aromatic heterocycles. The Morgan fingerprint density at radius 1 is 1.00 bits per heavy atom. The van der Waals surface area contributed by atoms with Crippen LogP contribution >= 0.6 is 0 Å². The van der Waals surface area contributed by atoms with Gasteiger partial charge in [0.25, 0.3) is 0 Å². The highest BCUT2D eigenvalue weighted by molar-refractivity contribution is 5.95. The Morgan fingerprint density at radius 2 is 1.63 bits per heavy atom. The van der Waals surface area contributed by atoms with Crippen LogP contribution < -0.4 is 16.0 Å². The average Bonchev–Trinajstić information content (AvgIpc) is 2.55. The third-order valence-electron chi connectivity index (χ3n) is 3.83. The van der Waals surface area contributed by atoms with Crippen LogP contribution in [0.3, 0.4) is 0 Å². The quantitative estimate of drug-likeness (QED) is 0.724. The number of nitrogens with one attached hydrogen (secondary N) is 3. The number of hydrogen-bond donors (Lipinski definition) is 3. The van der Waals surface area contributed by atoms with Crippen LogP contribution in [-0.2, 0) is 15.8 Å². The zero-order valence-electron chi connectivity index (χ0n) is 15.1. The second kappa shape index (κ2) is 8.11. The molecule has 2 aromatic carbocycles. The third-order valence-corrected chi connectivity index (χ3v) is 3.83. The van der Waals surface area contributed by atoms with Crippen molar-refractivity contribution in [3.63, 3.8) is 0 Å². The van der Waals surface area contributed by atoms with Crippen molar-refractivity contribution >= 4 is 28.9 Å². The molecule has 8 heteroatoms. The van der Waals surface area contributed by atoms with Crippen molar-refractivity contribution in [1.82, 2.24) is 0 Å². The van der Waals surface area contributed by atoms with Crippen molar-refractivity contribution in [3.8, 4) is 0 Å². The van der Waals surface area contributed by atoms with Gasteiger partial charge in [-0.15, -0.1) is 0 Å². The van der Waals surface area contributed by atoms with Crippen molar-refractivity contribution in [1.29, 1.82) is 0 Å². The molecule has 2 aromatic rings. The summed E-state index contributed by atoms with van der Waals surface area (Å²) in [7, 11) is 0. The minimum absolute atomic E-state index is 0.0281. The summed E-state index contributed by atoms with van der Waals surface area (Å²) in [5, 5.41) is 7.53. The molecule has 3 N–H and O–H groups in total. The van der Waals surface area contributed by atoms with E-state index in [2.05, 4.69) is 16.0 Å². The Kier molecular flexibility index (Phi) is 6.09. The van der Waals surface area contributed by atoms with Crippen LogP contribution in [0.1, 0.15) is 23.6 Å². The summed E-state index contributed by atoms with van der Waals surface area (Å²) in [6.45, 7) is 4.53. The van der Waals surface area contributed by atoms with E-state index < -0.39 is 23.6 Å². The molecule has 0 unspecified atom stereocenters. The van der Waals surface area contributed by atoms with E-state index in [1.54, 1.807) is 0 Å². The Balaban J connectivity index is 2.14. The largest absolute Gasteiger partial charge is 0.418 e. The second-order valence-corrected chi connectivity index (χ2v) is 6.11. The van der Waals surface area contributed by atoms with Crippen molar-refractivity contribution in [2.75, 3.05) is 22.5 Å². The first-order chi connectivity index (χ1) is 12.6. The van der Waals surface area contributed by atoms with Crippen molar-refractivity contribution in [2.24, 2.45) is 0 Å². The second-order valence-electron chi connectivity index (χ2n) is 6.11. The molecule has 0 spiro atoms. The number of alkyl halides is 3. The predicted molar refractivity (Wildman–Crippen MR) is 98.8 cm³/mol. The highest BCUT2D eigenvalue weighted by atomic mass is 19.4. The molecule has 27 heavy (non-hydrogen) atoms. The normalized spacial score (nSPS) is 11.0. The number of para-hydroxylation sites is 1. The summed E-state index contributed by atoms with van der Waals surface area (Å²) in [6, 6.07) is 8.86. The molecule has 0 atom stereocenters. The maximum atomic E-state index is 13.3. The van der Waals surface area contributed by atoms with Gasteiger partial charge in [-0.2, -0.15) is 13.2 Å². The number of aryl methyl sites for hydroxylation is 2. The van der Waals surface area contributed by atoms with Crippen LogP contribution in [0, 0.1) is 13.8 Å². The number of carbonyl (C=O) groups excluding carboxylic acids is 2. The molecule has 0 fully saturated rings. The predicted octanol–water partition coefficient (Wildman–Crippen LogP) is 4.33. The smallest absolute Gasteiger partial charge is 0.376 e. The zero-order valence-corrected chi connectivity index (χ0v) is 15.1. The minimum Gasteiger partial charge on any atom is -0.376 e. The molecule has 0 aliphatic rings. The fraction of sp³-hybridized carbons (Fsp3) is 0.263. The molecule has 0 heterocycles. The number of amides is 2. The Bertz CT molecular complexity index is 844. The highest BCUT2D eigenvalue weighted by Gasteiger charge is 2.34. The summed E-state index contributed by atoms with van der Waals surface area (Å²) in [5.74, 6) is -0.941. The molecule has 2 rings (SSSR count). The van der Waals surface area contributed by atoms with E-state index in [1.165, 1.54) is 19.1 Å². The van der Waals surface area contributed by atoms with Gasteiger partial charge >= 0.3 is 6.18 Å². The van der Waals surface area contributed by atoms with Gasteiger partial charge in [-0.25, -0.2) is 0 Å². The van der Waals surface area contributed by atoms with E-state index in [1.807, 2.05) is 32.0 Å². The molecule has 5 nitrogen and oxygen atoms in total. The molecule has 0 saturated heterocycles. The lowest BCUT2D eigenvalue weighted by Crippen LogP contribution is -2.24. The number of rotatable bonds is 5. The molecule has 0 aliphatic carbocycles. The topological polar surface area (TPSA) is 70.2 Å². The lowest BCUT2D eigenvalue weighted by molar-refractivity contribution is -0.137. The monoisotopic (exact) mass is 379 g/mol. The first kappa shape index (κ1) is 20.3. The Hall–Kier alpha value is -3.03. The first-order valence-electron chi connectivity index (χ1n) is 8.16. The van der Waals surface area contributed by atoms with Gasteiger partial charge in [0.1, 0.15) is 0 Å². The molecule has 2 amide bonds. The summed E-state index contributed by atoms with van der Waals surface area (Å²) in [4.78, 5) is 23.2. The van der Waals surface area contributed by atoms with Crippen LogP contribution in [0.15, 0.2) is 36.4 Å². The fourth-order valence-corrected chi connectivity index (χ4v) is 2.58. The van der Waals surface area contributed by atoms with Crippen molar-refractivity contribution < 1.29 is 22.8 Å². The maximum absolute atomic E-state index is 13.3. The van der Waals surface area contributed by atoms with Gasteiger partial charge in [-0.3, -0.25) is 9.59 Å². The molecule has 144 valence electrons. The Morgan fingerprint density at radius 3 is 2.19 bits per heavy atom. The van der Waals surface area contributed by atoms with E-state index in [0.717, 1.165) is 17.2 Å². The summed E-state index contributed by atoms with van der Waals surface area (Å²) in [6.07, 6.45) is -4.64. The van der Waals surface area contributed by atoms with Gasteiger partial charge in [0.05, 0.1) is 12.1 Å². The molecule has 0 aliphatic heterocycles. The molecular weight excluding hydrogens is 359 g/mol. The van der Waals surface area contributed by atoms with Gasteiger partial charge in [0.15, 0.2) is 0 Å². The fourth-order valence-electron chi connectivity index (χ4n) is 2.58. The standard InChI is InChI=1S/C19H20F3N3O2/c1-11-5-4-6-12(2)18(11)25-17(27)10-23-16-8-7-14(24-13(3)26)9-15(16)19(20,21)22/h4-9,23H,10H2,1-3H3,(H,24,26)(H,25,27). The van der Waals surface area contributed by atoms with Crippen LogP contribution in [-0.4, -0.2) is 18.4 Å². The number of carbonyl (C=O) groups is 2. The van der Waals surface area contributed by atoms with Crippen LogP contribution in [0.2, 0.25) is 0 Å². The summed E-state index contributed by atoms with van der Waals surface area (Å²) >= 11 is 0. The van der Waals surface area contributed by atoms with Gasteiger partial charge in [0.2, 0.25) is 11.8 Å².